The minimum Gasteiger partial charge on any atom is -0.454 e. The summed E-state index contributed by atoms with van der Waals surface area (Å²) in [5, 5.41) is 0. The molecule has 2 aromatic carbocycles. The Morgan fingerprint density at radius 3 is 2.47 bits per heavy atom. The molecule has 17 heavy (non-hydrogen) atoms. The molecule has 0 aromatic heterocycles. The number of halogens is 3. The van der Waals surface area contributed by atoms with Gasteiger partial charge in [-0.1, -0.05) is 12.1 Å². The zero-order valence-corrected chi connectivity index (χ0v) is 11.7. The molecule has 0 radical (unpaired) electrons. The van der Waals surface area contributed by atoms with E-state index in [9.17, 15) is 4.39 Å². The molecule has 0 aliphatic rings. The van der Waals surface area contributed by atoms with Gasteiger partial charge >= 0.3 is 0 Å². The van der Waals surface area contributed by atoms with E-state index in [1.165, 1.54) is 6.07 Å². The van der Waals surface area contributed by atoms with E-state index < -0.39 is 5.82 Å². The summed E-state index contributed by atoms with van der Waals surface area (Å²) in [5.74, 6) is 0.615. The van der Waals surface area contributed by atoms with Gasteiger partial charge in [-0.2, -0.15) is 0 Å². The van der Waals surface area contributed by atoms with Crippen molar-refractivity contribution in [3.05, 3.63) is 57.4 Å². The lowest BCUT2D eigenvalue weighted by atomic mass is 10.2. The van der Waals surface area contributed by atoms with Gasteiger partial charge in [0.25, 0.3) is 0 Å². The fourth-order valence-corrected chi connectivity index (χ4v) is 1.96. The molecule has 2 aromatic rings. The summed E-state index contributed by atoms with van der Waals surface area (Å²) in [6.07, 6.45) is 0. The van der Waals surface area contributed by atoms with Crippen LogP contribution < -0.4 is 4.74 Å². The summed E-state index contributed by atoms with van der Waals surface area (Å²) in [5.41, 5.74) is 0.644. The molecule has 1 nitrogen and oxygen atoms in total. The van der Waals surface area contributed by atoms with Crippen molar-refractivity contribution in [3.8, 4) is 11.5 Å². The molecule has 0 N–H and O–H groups in total. The van der Waals surface area contributed by atoms with Crippen LogP contribution in [0.1, 0.15) is 5.56 Å². The second-order valence-electron chi connectivity index (χ2n) is 3.42. The maximum atomic E-state index is 13.6. The van der Waals surface area contributed by atoms with Gasteiger partial charge in [-0.05, 0) is 52.9 Å². The van der Waals surface area contributed by atoms with E-state index in [0.717, 1.165) is 3.57 Å². The third-order valence-electron chi connectivity index (χ3n) is 2.23. The second kappa shape index (κ2) is 5.69. The topological polar surface area (TPSA) is 9.23 Å². The van der Waals surface area contributed by atoms with Crippen molar-refractivity contribution in [3.63, 3.8) is 0 Å². The first kappa shape index (κ1) is 12.6. The van der Waals surface area contributed by atoms with Crippen LogP contribution in [-0.4, -0.2) is 0 Å². The Hall–Kier alpha value is -0.810. The monoisotopic (exact) mass is 362 g/mol. The Labute approximate surface area is 118 Å². The molecular weight excluding hydrogens is 353 g/mol. The zero-order chi connectivity index (χ0) is 12.3. The number of para-hydroxylation sites is 1. The van der Waals surface area contributed by atoms with E-state index in [4.69, 9.17) is 16.3 Å². The smallest absolute Gasteiger partial charge is 0.167 e. The molecule has 4 heteroatoms. The molecule has 0 saturated heterocycles. The van der Waals surface area contributed by atoms with E-state index in [1.807, 2.05) is 12.1 Å². The lowest BCUT2D eigenvalue weighted by Crippen LogP contribution is -1.93. The van der Waals surface area contributed by atoms with Gasteiger partial charge in [0.2, 0.25) is 0 Å². The normalized spacial score (nSPS) is 10.3. The largest absolute Gasteiger partial charge is 0.454 e. The van der Waals surface area contributed by atoms with Crippen LogP contribution in [0.15, 0.2) is 42.5 Å². The summed E-state index contributed by atoms with van der Waals surface area (Å²) in [4.78, 5) is 0. The molecule has 0 fully saturated rings. The molecule has 0 aliphatic carbocycles. The van der Waals surface area contributed by atoms with E-state index in [2.05, 4.69) is 22.6 Å². The highest BCUT2D eigenvalue weighted by atomic mass is 127. The molecule has 0 saturated carbocycles. The fraction of sp³-hybridized carbons (Fsp3) is 0.0769. The van der Waals surface area contributed by atoms with Crippen LogP contribution in [0.4, 0.5) is 4.39 Å². The maximum absolute atomic E-state index is 13.6. The van der Waals surface area contributed by atoms with Crippen molar-refractivity contribution in [2.45, 2.75) is 5.88 Å². The number of hydrogen-bond donors (Lipinski definition) is 0. The van der Waals surface area contributed by atoms with Gasteiger partial charge in [0.05, 0.1) is 5.88 Å². The van der Waals surface area contributed by atoms with Gasteiger partial charge in [0, 0.05) is 9.13 Å². The minimum absolute atomic E-state index is 0.198. The van der Waals surface area contributed by atoms with Gasteiger partial charge in [0.15, 0.2) is 11.6 Å². The first-order chi connectivity index (χ1) is 8.20. The van der Waals surface area contributed by atoms with Crippen molar-refractivity contribution >= 4 is 34.2 Å². The highest BCUT2D eigenvalue weighted by Gasteiger charge is 2.09. The molecule has 0 unspecified atom stereocenters. The van der Waals surface area contributed by atoms with Crippen molar-refractivity contribution < 1.29 is 9.13 Å². The van der Waals surface area contributed by atoms with Crippen LogP contribution >= 0.6 is 34.2 Å². The fourth-order valence-electron chi connectivity index (χ4n) is 1.39. The van der Waals surface area contributed by atoms with Crippen molar-refractivity contribution in [1.82, 2.24) is 0 Å². The highest BCUT2D eigenvalue weighted by molar-refractivity contribution is 14.1. The predicted molar refractivity (Wildman–Crippen MR) is 75.2 cm³/mol. The molecule has 0 bridgehead atoms. The van der Waals surface area contributed by atoms with Gasteiger partial charge in [0.1, 0.15) is 5.75 Å². The van der Waals surface area contributed by atoms with Crippen LogP contribution in [0.2, 0.25) is 0 Å². The second-order valence-corrected chi connectivity index (χ2v) is 4.93. The average Bonchev–Trinajstić information content (AvgIpc) is 2.34. The molecule has 0 amide bonds. The first-order valence-corrected chi connectivity index (χ1v) is 6.59. The lowest BCUT2D eigenvalue weighted by Gasteiger charge is -2.10. The zero-order valence-electron chi connectivity index (χ0n) is 8.79. The first-order valence-electron chi connectivity index (χ1n) is 4.97. The summed E-state index contributed by atoms with van der Waals surface area (Å²) < 4.78 is 20.2. The standard InChI is InChI=1S/C13H9ClFIO/c14-8-9-2-1-3-12(15)13(9)17-11-6-4-10(16)5-7-11/h1-7H,8H2. The molecule has 0 atom stereocenters. The van der Waals surface area contributed by atoms with Gasteiger partial charge in [-0.15, -0.1) is 11.6 Å². The SMILES string of the molecule is Fc1cccc(CCl)c1Oc1ccc(I)cc1. The Morgan fingerprint density at radius 1 is 1.12 bits per heavy atom. The summed E-state index contributed by atoms with van der Waals surface area (Å²) in [7, 11) is 0. The van der Waals surface area contributed by atoms with Crippen molar-refractivity contribution in [2.24, 2.45) is 0 Å². The van der Waals surface area contributed by atoms with E-state index in [1.54, 1.807) is 24.3 Å². The average molecular weight is 363 g/mol. The number of rotatable bonds is 3. The third-order valence-corrected chi connectivity index (χ3v) is 3.23. The van der Waals surface area contributed by atoms with Crippen LogP contribution in [-0.2, 0) is 5.88 Å². The molecule has 0 heterocycles. The van der Waals surface area contributed by atoms with E-state index in [-0.39, 0.29) is 11.6 Å². The van der Waals surface area contributed by atoms with Crippen LogP contribution in [0.25, 0.3) is 0 Å². The highest BCUT2D eigenvalue weighted by Crippen LogP contribution is 2.29. The molecule has 2 rings (SSSR count). The van der Waals surface area contributed by atoms with Gasteiger partial charge in [-0.3, -0.25) is 0 Å². The van der Waals surface area contributed by atoms with Crippen LogP contribution in [0.5, 0.6) is 11.5 Å². The Balaban J connectivity index is 2.32. The van der Waals surface area contributed by atoms with E-state index >= 15 is 0 Å². The Kier molecular flexibility index (Phi) is 4.23. The quantitative estimate of drug-likeness (QED) is 0.554. The molecular formula is C13H9ClFIO. The van der Waals surface area contributed by atoms with Crippen molar-refractivity contribution in [1.29, 1.82) is 0 Å². The number of benzene rings is 2. The van der Waals surface area contributed by atoms with Crippen LogP contribution in [0, 0.1) is 9.39 Å². The third kappa shape index (κ3) is 3.10. The van der Waals surface area contributed by atoms with Gasteiger partial charge < -0.3 is 4.74 Å². The summed E-state index contributed by atoms with van der Waals surface area (Å²) in [6, 6.07) is 12.1. The lowest BCUT2D eigenvalue weighted by molar-refractivity contribution is 0.438. The number of alkyl halides is 1. The minimum atomic E-state index is -0.401. The van der Waals surface area contributed by atoms with Crippen LogP contribution in [0.3, 0.4) is 0 Å². The Bertz CT molecular complexity index is 513. The molecule has 0 aliphatic heterocycles. The van der Waals surface area contributed by atoms with Gasteiger partial charge in [-0.25, -0.2) is 4.39 Å². The maximum Gasteiger partial charge on any atom is 0.167 e. The molecule has 88 valence electrons. The predicted octanol–water partition coefficient (Wildman–Crippen LogP) is 4.96. The Morgan fingerprint density at radius 2 is 1.82 bits per heavy atom. The van der Waals surface area contributed by atoms with Crippen molar-refractivity contribution in [2.75, 3.05) is 0 Å². The summed E-state index contributed by atoms with van der Waals surface area (Å²) in [6.45, 7) is 0. The number of ether oxygens (including phenoxy) is 1. The summed E-state index contributed by atoms with van der Waals surface area (Å²) >= 11 is 7.95. The molecule has 0 spiro atoms. The number of hydrogen-bond acceptors (Lipinski definition) is 1. The van der Waals surface area contributed by atoms with E-state index in [0.29, 0.717) is 11.3 Å².